The molecule has 10 heteroatoms. The molecule has 0 saturated heterocycles. The van der Waals surface area contributed by atoms with E-state index >= 15 is 0 Å². The van der Waals surface area contributed by atoms with Crippen LogP contribution in [0, 0.1) is 5.82 Å². The minimum absolute atomic E-state index is 0.0707. The summed E-state index contributed by atoms with van der Waals surface area (Å²) in [5, 5.41) is 8.92. The van der Waals surface area contributed by atoms with Crippen molar-refractivity contribution in [2.75, 3.05) is 18.0 Å². The van der Waals surface area contributed by atoms with Gasteiger partial charge in [0.05, 0.1) is 24.2 Å². The summed E-state index contributed by atoms with van der Waals surface area (Å²) in [6.07, 6.45) is -0.653. The molecule has 2 aromatic carbocycles. The van der Waals surface area contributed by atoms with Gasteiger partial charge in [-0.1, -0.05) is 15.9 Å². The smallest absolute Gasteiger partial charge is 0.303 e. The zero-order valence-electron chi connectivity index (χ0n) is 14.8. The minimum atomic E-state index is -4.07. The van der Waals surface area contributed by atoms with Crippen LogP contribution >= 0.6 is 15.9 Å². The number of rotatable bonds is 6. The summed E-state index contributed by atoms with van der Waals surface area (Å²) in [5.74, 6) is -1.54. The Hall–Kier alpha value is -2.33. The fourth-order valence-corrected chi connectivity index (χ4v) is 4.74. The van der Waals surface area contributed by atoms with Crippen LogP contribution in [0.5, 0.6) is 11.5 Å². The van der Waals surface area contributed by atoms with Crippen molar-refractivity contribution in [3.8, 4) is 11.5 Å². The first kappa shape index (κ1) is 20.4. The maximum Gasteiger partial charge on any atom is 0.303 e. The Balaban J connectivity index is 2.04. The third-order valence-corrected chi connectivity index (χ3v) is 6.51. The molecule has 1 aliphatic heterocycles. The van der Waals surface area contributed by atoms with Gasteiger partial charge in [0.25, 0.3) is 10.0 Å². The summed E-state index contributed by atoms with van der Waals surface area (Å²) >= 11 is 3.31. The van der Waals surface area contributed by atoms with Gasteiger partial charge in [0.1, 0.15) is 11.9 Å². The average molecular weight is 474 g/mol. The number of halogens is 2. The van der Waals surface area contributed by atoms with Crippen LogP contribution in [0.1, 0.15) is 12.8 Å². The molecule has 1 N–H and O–H groups in total. The molecule has 0 amide bonds. The number of sulfonamides is 1. The largest absolute Gasteiger partial charge is 0.494 e. The predicted octanol–water partition coefficient (Wildman–Crippen LogP) is 3.42. The van der Waals surface area contributed by atoms with E-state index in [1.54, 1.807) is 18.2 Å². The van der Waals surface area contributed by atoms with Crippen LogP contribution in [0.3, 0.4) is 0 Å². The molecule has 0 aliphatic carbocycles. The molecule has 2 aromatic rings. The van der Waals surface area contributed by atoms with Crippen LogP contribution in [0.4, 0.5) is 10.1 Å². The number of carbonyl (C=O) groups is 1. The highest BCUT2D eigenvalue weighted by molar-refractivity contribution is 9.10. The lowest BCUT2D eigenvalue weighted by molar-refractivity contribution is -0.137. The topological polar surface area (TPSA) is 93.1 Å². The van der Waals surface area contributed by atoms with Crippen molar-refractivity contribution >= 4 is 37.6 Å². The Labute approximate surface area is 169 Å². The Kier molecular flexibility index (Phi) is 5.80. The van der Waals surface area contributed by atoms with Crippen molar-refractivity contribution in [2.45, 2.75) is 23.8 Å². The molecule has 0 aromatic heterocycles. The Morgan fingerprint density at radius 3 is 2.79 bits per heavy atom. The van der Waals surface area contributed by atoms with E-state index in [0.717, 1.165) is 22.5 Å². The Morgan fingerprint density at radius 2 is 2.11 bits per heavy atom. The predicted molar refractivity (Wildman–Crippen MR) is 103 cm³/mol. The Bertz CT molecular complexity index is 1010. The van der Waals surface area contributed by atoms with Crippen molar-refractivity contribution in [3.63, 3.8) is 0 Å². The van der Waals surface area contributed by atoms with Gasteiger partial charge in [-0.25, -0.2) is 12.8 Å². The molecular weight excluding hydrogens is 457 g/mol. The summed E-state index contributed by atoms with van der Waals surface area (Å²) < 4.78 is 52.8. The highest BCUT2D eigenvalue weighted by Crippen LogP contribution is 2.40. The van der Waals surface area contributed by atoms with Crippen LogP contribution in [-0.2, 0) is 14.8 Å². The van der Waals surface area contributed by atoms with Crippen LogP contribution in [-0.4, -0.2) is 39.3 Å². The van der Waals surface area contributed by atoms with Gasteiger partial charge >= 0.3 is 5.97 Å². The molecule has 0 fully saturated rings. The second-order valence-corrected chi connectivity index (χ2v) is 8.89. The monoisotopic (exact) mass is 473 g/mol. The number of hydrogen-bond acceptors (Lipinski definition) is 5. The first-order chi connectivity index (χ1) is 13.2. The van der Waals surface area contributed by atoms with E-state index in [0.29, 0.717) is 15.9 Å². The third-order valence-electron chi connectivity index (χ3n) is 4.24. The van der Waals surface area contributed by atoms with Gasteiger partial charge in [-0.05, 0) is 36.8 Å². The molecule has 1 unspecified atom stereocenters. The maximum atomic E-state index is 13.7. The Morgan fingerprint density at radius 1 is 1.36 bits per heavy atom. The van der Waals surface area contributed by atoms with Crippen molar-refractivity contribution in [2.24, 2.45) is 0 Å². The fourth-order valence-electron chi connectivity index (χ4n) is 2.88. The summed E-state index contributed by atoms with van der Waals surface area (Å²) in [7, 11) is -2.83. The molecular formula is C18H17BrFNO6S. The minimum Gasteiger partial charge on any atom is -0.494 e. The SMILES string of the molecule is COc1cc(S(=O)(=O)N2CC(CCC(=O)O)Oc3ccc(Br)cc32)ccc1F. The maximum absolute atomic E-state index is 13.7. The van der Waals surface area contributed by atoms with Gasteiger partial charge in [-0.15, -0.1) is 0 Å². The lowest BCUT2D eigenvalue weighted by Crippen LogP contribution is -2.43. The van der Waals surface area contributed by atoms with Crippen LogP contribution in [0.25, 0.3) is 0 Å². The summed E-state index contributed by atoms with van der Waals surface area (Å²) in [4.78, 5) is 10.7. The molecule has 1 atom stereocenters. The molecule has 0 radical (unpaired) electrons. The zero-order chi connectivity index (χ0) is 20.5. The van der Waals surface area contributed by atoms with Gasteiger partial charge < -0.3 is 14.6 Å². The fraction of sp³-hybridized carbons (Fsp3) is 0.278. The van der Waals surface area contributed by atoms with E-state index in [9.17, 15) is 17.6 Å². The van der Waals surface area contributed by atoms with Gasteiger partial charge in [0, 0.05) is 17.0 Å². The van der Waals surface area contributed by atoms with E-state index in [-0.39, 0.29) is 30.0 Å². The van der Waals surface area contributed by atoms with Gasteiger partial charge in [0.2, 0.25) is 0 Å². The van der Waals surface area contributed by atoms with Gasteiger partial charge in [0.15, 0.2) is 11.6 Å². The third kappa shape index (κ3) is 4.07. The number of benzene rings is 2. The molecule has 28 heavy (non-hydrogen) atoms. The molecule has 7 nitrogen and oxygen atoms in total. The van der Waals surface area contributed by atoms with Crippen molar-refractivity contribution < 1.29 is 32.2 Å². The number of anilines is 1. The number of hydrogen-bond donors (Lipinski definition) is 1. The van der Waals surface area contributed by atoms with Crippen molar-refractivity contribution in [3.05, 3.63) is 46.7 Å². The van der Waals surface area contributed by atoms with Crippen LogP contribution in [0.2, 0.25) is 0 Å². The zero-order valence-corrected chi connectivity index (χ0v) is 17.2. The van der Waals surface area contributed by atoms with E-state index < -0.39 is 27.9 Å². The number of fused-ring (bicyclic) bond motifs is 1. The van der Waals surface area contributed by atoms with E-state index in [1.807, 2.05) is 0 Å². The van der Waals surface area contributed by atoms with E-state index in [4.69, 9.17) is 14.6 Å². The average Bonchev–Trinajstić information content (AvgIpc) is 2.65. The van der Waals surface area contributed by atoms with E-state index in [1.165, 1.54) is 7.11 Å². The first-order valence-electron chi connectivity index (χ1n) is 8.26. The van der Waals surface area contributed by atoms with Crippen molar-refractivity contribution in [1.82, 2.24) is 0 Å². The first-order valence-corrected chi connectivity index (χ1v) is 10.5. The highest BCUT2D eigenvalue weighted by Gasteiger charge is 2.35. The molecule has 1 aliphatic rings. The number of carboxylic acids is 1. The molecule has 0 spiro atoms. The lowest BCUT2D eigenvalue weighted by Gasteiger charge is -2.35. The normalized spacial score (nSPS) is 16.2. The molecule has 3 rings (SSSR count). The number of nitrogens with zero attached hydrogens (tertiary/aromatic N) is 1. The summed E-state index contributed by atoms with van der Waals surface area (Å²) in [6, 6.07) is 8.21. The number of aliphatic carboxylic acids is 1. The number of carboxylic acid groups (broad SMARTS) is 1. The molecule has 1 heterocycles. The highest BCUT2D eigenvalue weighted by atomic mass is 79.9. The summed E-state index contributed by atoms with van der Waals surface area (Å²) in [5.41, 5.74) is 0.309. The second kappa shape index (κ2) is 7.96. The molecule has 0 bridgehead atoms. The quantitative estimate of drug-likeness (QED) is 0.690. The van der Waals surface area contributed by atoms with E-state index in [2.05, 4.69) is 15.9 Å². The van der Waals surface area contributed by atoms with Crippen LogP contribution in [0.15, 0.2) is 45.8 Å². The molecule has 150 valence electrons. The number of methoxy groups -OCH3 is 1. The van der Waals surface area contributed by atoms with Crippen molar-refractivity contribution in [1.29, 1.82) is 0 Å². The standard InChI is InChI=1S/C18H17BrFNO6S/c1-26-17-9-13(4-5-14(17)20)28(24,25)21-10-12(3-7-18(22)23)27-16-6-2-11(19)8-15(16)21/h2,4-6,8-9,12H,3,7,10H2,1H3,(H,22,23). The van der Waals surface area contributed by atoms with Gasteiger partial charge in [-0.3, -0.25) is 9.10 Å². The lowest BCUT2D eigenvalue weighted by atomic mass is 10.1. The second-order valence-electron chi connectivity index (χ2n) is 6.12. The number of ether oxygens (including phenoxy) is 2. The van der Waals surface area contributed by atoms with Gasteiger partial charge in [-0.2, -0.15) is 0 Å². The van der Waals surface area contributed by atoms with Crippen LogP contribution < -0.4 is 13.8 Å². The molecule has 0 saturated carbocycles. The summed E-state index contributed by atoms with van der Waals surface area (Å²) in [6.45, 7) is -0.0707.